The van der Waals surface area contributed by atoms with Crippen LogP contribution in [-0.4, -0.2) is 57.2 Å². The molecule has 120 valence electrons. The van der Waals surface area contributed by atoms with Gasteiger partial charge >= 0.3 is 7.60 Å². The molecular weight excluding hydrogens is 303 g/mol. The Balaban J connectivity index is 2.26. The normalized spacial score (nSPS) is 23.4. The maximum Gasteiger partial charge on any atom is 0.330 e. The smallest absolute Gasteiger partial charge is 0.330 e. The molecule has 0 amide bonds. The summed E-state index contributed by atoms with van der Waals surface area (Å²) in [6.45, 7) is 5.47. The van der Waals surface area contributed by atoms with Crippen molar-refractivity contribution in [3.05, 3.63) is 0 Å². The molecular formula is C12H25O6PS. The lowest BCUT2D eigenvalue weighted by Gasteiger charge is -2.18. The number of hydrogen-bond acceptors (Lipinski definition) is 7. The van der Waals surface area contributed by atoms with Gasteiger partial charge in [0.15, 0.2) is 6.29 Å². The van der Waals surface area contributed by atoms with Gasteiger partial charge in [0.1, 0.15) is 5.44 Å². The topological polar surface area (TPSA) is 63.2 Å². The van der Waals surface area contributed by atoms with Gasteiger partial charge < -0.3 is 23.3 Å². The van der Waals surface area contributed by atoms with E-state index in [0.717, 1.165) is 5.75 Å². The Morgan fingerprint density at radius 1 is 1.25 bits per heavy atom. The zero-order chi connectivity index (χ0) is 14.8. The van der Waals surface area contributed by atoms with Gasteiger partial charge in [-0.2, -0.15) is 0 Å². The Bertz CT molecular complexity index is 294. The van der Waals surface area contributed by atoms with E-state index in [-0.39, 0.29) is 11.7 Å². The highest BCUT2D eigenvalue weighted by Gasteiger charge is 2.30. The van der Waals surface area contributed by atoms with Crippen LogP contribution < -0.4 is 0 Å². The summed E-state index contributed by atoms with van der Waals surface area (Å²) in [5.74, 6) is 0.780. The van der Waals surface area contributed by atoms with Crippen LogP contribution in [-0.2, 0) is 27.8 Å². The van der Waals surface area contributed by atoms with Crippen LogP contribution in [0.1, 0.15) is 20.3 Å². The summed E-state index contributed by atoms with van der Waals surface area (Å²) >= 11 is 1.67. The average Bonchev–Trinajstić information content (AvgIpc) is 2.86. The predicted molar refractivity (Wildman–Crippen MR) is 79.3 cm³/mol. The van der Waals surface area contributed by atoms with Crippen molar-refractivity contribution in [3.8, 4) is 0 Å². The molecule has 0 N–H and O–H groups in total. The quantitative estimate of drug-likeness (QED) is 0.427. The van der Waals surface area contributed by atoms with E-state index in [2.05, 4.69) is 0 Å². The van der Waals surface area contributed by atoms with Gasteiger partial charge in [0.2, 0.25) is 0 Å². The monoisotopic (exact) mass is 328 g/mol. The van der Waals surface area contributed by atoms with Gasteiger partial charge in [-0.25, -0.2) is 0 Å². The zero-order valence-electron chi connectivity index (χ0n) is 12.4. The summed E-state index contributed by atoms with van der Waals surface area (Å²) < 4.78 is 38.9. The van der Waals surface area contributed by atoms with Gasteiger partial charge in [-0.3, -0.25) is 4.57 Å². The van der Waals surface area contributed by atoms with Gasteiger partial charge in [0.25, 0.3) is 0 Å². The van der Waals surface area contributed by atoms with Gasteiger partial charge in [0.05, 0.1) is 32.6 Å². The molecule has 0 saturated carbocycles. The van der Waals surface area contributed by atoms with E-state index in [9.17, 15) is 4.57 Å². The van der Waals surface area contributed by atoms with Gasteiger partial charge in [0, 0.05) is 12.9 Å². The van der Waals surface area contributed by atoms with E-state index in [4.69, 9.17) is 23.3 Å². The van der Waals surface area contributed by atoms with Crippen LogP contribution in [0.2, 0.25) is 0 Å². The molecule has 0 aromatic heterocycles. The van der Waals surface area contributed by atoms with Crippen molar-refractivity contribution in [3.63, 3.8) is 0 Å². The van der Waals surface area contributed by atoms with E-state index in [0.29, 0.717) is 39.0 Å². The third-order valence-electron chi connectivity index (χ3n) is 2.60. The second kappa shape index (κ2) is 10.2. The highest BCUT2D eigenvalue weighted by atomic mass is 32.2. The van der Waals surface area contributed by atoms with Gasteiger partial charge in [-0.15, -0.1) is 11.8 Å². The number of thioether (sulfide) groups is 1. The van der Waals surface area contributed by atoms with E-state index in [1.54, 1.807) is 18.9 Å². The van der Waals surface area contributed by atoms with Crippen LogP contribution in [0.4, 0.5) is 0 Å². The number of ether oxygens (including phenoxy) is 3. The van der Waals surface area contributed by atoms with Crippen molar-refractivity contribution in [1.82, 2.24) is 0 Å². The minimum Gasteiger partial charge on any atom is -0.382 e. The number of methoxy groups -OCH3 is 1. The maximum atomic E-state index is 12.3. The maximum absolute atomic E-state index is 12.3. The summed E-state index contributed by atoms with van der Waals surface area (Å²) in [4.78, 5) is 0. The Hall–Kier alpha value is 0.380. The van der Waals surface area contributed by atoms with Crippen molar-refractivity contribution in [2.75, 3.05) is 45.5 Å². The molecule has 1 heterocycles. The second-order valence-corrected chi connectivity index (χ2v) is 7.53. The van der Waals surface area contributed by atoms with Crippen molar-refractivity contribution >= 4 is 19.4 Å². The lowest BCUT2D eigenvalue weighted by Crippen LogP contribution is -2.19. The van der Waals surface area contributed by atoms with Crippen molar-refractivity contribution in [1.29, 1.82) is 0 Å². The first kappa shape index (κ1) is 18.4. The lowest BCUT2D eigenvalue weighted by atomic mass is 10.5. The third-order valence-corrected chi connectivity index (χ3v) is 5.90. The van der Waals surface area contributed by atoms with Gasteiger partial charge in [-0.1, -0.05) is 0 Å². The minimum absolute atomic E-state index is 0.0169. The minimum atomic E-state index is -2.97. The summed E-state index contributed by atoms with van der Waals surface area (Å²) in [7, 11) is -1.34. The molecule has 0 bridgehead atoms. The Morgan fingerprint density at radius 3 is 2.55 bits per heavy atom. The summed E-state index contributed by atoms with van der Waals surface area (Å²) in [6, 6.07) is 0. The molecule has 2 atom stereocenters. The first-order valence-electron chi connectivity index (χ1n) is 6.89. The van der Waals surface area contributed by atoms with Crippen molar-refractivity contribution < 1.29 is 27.8 Å². The fourth-order valence-electron chi connectivity index (χ4n) is 1.76. The van der Waals surface area contributed by atoms with Crippen LogP contribution >= 0.6 is 19.4 Å². The van der Waals surface area contributed by atoms with Crippen molar-refractivity contribution in [2.24, 2.45) is 0 Å². The first-order chi connectivity index (χ1) is 9.63. The Labute approximate surface area is 125 Å². The Morgan fingerprint density at radius 2 is 1.95 bits per heavy atom. The summed E-state index contributed by atoms with van der Waals surface area (Å²) in [5.41, 5.74) is -0.0169. The third kappa shape index (κ3) is 6.89. The van der Waals surface area contributed by atoms with E-state index in [1.807, 2.05) is 13.8 Å². The molecule has 1 aliphatic rings. The van der Waals surface area contributed by atoms with Crippen LogP contribution in [0.25, 0.3) is 0 Å². The molecule has 1 fully saturated rings. The highest BCUT2D eigenvalue weighted by molar-refractivity contribution is 8.00. The predicted octanol–water partition coefficient (Wildman–Crippen LogP) is 2.72. The molecule has 0 aromatic carbocycles. The summed E-state index contributed by atoms with van der Waals surface area (Å²) in [5, 5.41) is 0. The molecule has 0 aliphatic carbocycles. The van der Waals surface area contributed by atoms with Crippen LogP contribution in [0, 0.1) is 0 Å². The summed E-state index contributed by atoms with van der Waals surface area (Å²) in [6.07, 6.45) is 0.794. The molecule has 0 radical (unpaired) electrons. The standard InChI is InChI=1S/C12H25O6PS/c1-4-16-19(13,17-5-2)9-6-12-18-11(10-20-12)15-8-7-14-3/h11-12H,4-10H2,1-3H3. The number of rotatable bonds is 11. The molecule has 1 aliphatic heterocycles. The SMILES string of the molecule is CCOP(=O)(CCC1OC(OCCOC)CS1)OCC. The molecule has 6 nitrogen and oxygen atoms in total. The molecule has 0 spiro atoms. The Kier molecular flexibility index (Phi) is 9.37. The largest absolute Gasteiger partial charge is 0.382 e. The molecule has 2 unspecified atom stereocenters. The molecule has 8 heteroatoms. The van der Waals surface area contributed by atoms with Crippen LogP contribution in [0.15, 0.2) is 0 Å². The molecule has 1 saturated heterocycles. The molecule has 0 aromatic rings. The van der Waals surface area contributed by atoms with E-state index < -0.39 is 7.60 Å². The fourth-order valence-corrected chi connectivity index (χ4v) is 4.64. The van der Waals surface area contributed by atoms with Crippen LogP contribution in [0.3, 0.4) is 0 Å². The fraction of sp³-hybridized carbons (Fsp3) is 1.00. The van der Waals surface area contributed by atoms with E-state index >= 15 is 0 Å². The van der Waals surface area contributed by atoms with Crippen molar-refractivity contribution in [2.45, 2.75) is 32.0 Å². The number of hydrogen-bond donors (Lipinski definition) is 0. The van der Waals surface area contributed by atoms with Crippen LogP contribution in [0.5, 0.6) is 0 Å². The average molecular weight is 328 g/mol. The molecule has 20 heavy (non-hydrogen) atoms. The zero-order valence-corrected chi connectivity index (χ0v) is 14.1. The lowest BCUT2D eigenvalue weighted by molar-refractivity contribution is -0.132. The first-order valence-corrected chi connectivity index (χ1v) is 9.67. The second-order valence-electron chi connectivity index (χ2n) is 4.15. The highest BCUT2D eigenvalue weighted by Crippen LogP contribution is 2.49. The van der Waals surface area contributed by atoms with Gasteiger partial charge in [-0.05, 0) is 20.3 Å². The van der Waals surface area contributed by atoms with E-state index in [1.165, 1.54) is 0 Å². The molecule has 1 rings (SSSR count).